The van der Waals surface area contributed by atoms with Crippen LogP contribution in [0.3, 0.4) is 0 Å². The van der Waals surface area contributed by atoms with Gasteiger partial charge in [-0.2, -0.15) is 18.4 Å². The summed E-state index contributed by atoms with van der Waals surface area (Å²) in [5.74, 6) is 0.120. The minimum Gasteiger partial charge on any atom is -0.378 e. The average Bonchev–Trinajstić information content (AvgIpc) is 2.54. The monoisotopic (exact) mass is 327 g/mol. The molecular weight excluding hydrogens is 307 g/mol. The van der Waals surface area contributed by atoms with Crippen molar-refractivity contribution in [3.05, 3.63) is 23.4 Å². The van der Waals surface area contributed by atoms with Gasteiger partial charge in [0.1, 0.15) is 17.6 Å². The molecule has 0 aliphatic carbocycles. The van der Waals surface area contributed by atoms with Crippen molar-refractivity contribution in [1.29, 1.82) is 5.26 Å². The van der Waals surface area contributed by atoms with E-state index in [9.17, 15) is 13.2 Å². The molecule has 0 unspecified atom stereocenters. The second kappa shape index (κ2) is 7.64. The standard InChI is InChI=1S/C16H20F3N3O/c1-2-3-10-23-13-6-8-22(9-7-13)15-12(11-20)4-5-14(21-15)16(17,18)19/h4-5,13H,2-3,6-10H2,1H3. The Morgan fingerprint density at radius 3 is 2.61 bits per heavy atom. The summed E-state index contributed by atoms with van der Waals surface area (Å²) in [7, 11) is 0. The molecule has 0 N–H and O–H groups in total. The lowest BCUT2D eigenvalue weighted by Gasteiger charge is -2.33. The first-order valence-electron chi connectivity index (χ1n) is 7.80. The van der Waals surface area contributed by atoms with E-state index in [-0.39, 0.29) is 17.5 Å². The van der Waals surface area contributed by atoms with Crippen LogP contribution in [0.5, 0.6) is 0 Å². The Kier molecular flexibility index (Phi) is 5.83. The van der Waals surface area contributed by atoms with E-state index in [1.54, 1.807) is 4.90 Å². The fourth-order valence-electron chi connectivity index (χ4n) is 2.56. The molecule has 23 heavy (non-hydrogen) atoms. The third-order valence-corrected chi connectivity index (χ3v) is 3.88. The Hall–Kier alpha value is -1.81. The van der Waals surface area contributed by atoms with E-state index in [4.69, 9.17) is 10.00 Å². The molecule has 1 fully saturated rings. The second-order valence-electron chi connectivity index (χ2n) is 5.59. The largest absolute Gasteiger partial charge is 0.433 e. The number of ether oxygens (including phenoxy) is 1. The number of alkyl halides is 3. The van der Waals surface area contributed by atoms with Gasteiger partial charge in [0, 0.05) is 19.7 Å². The number of halogens is 3. The Morgan fingerprint density at radius 2 is 2.04 bits per heavy atom. The van der Waals surface area contributed by atoms with E-state index in [1.165, 1.54) is 6.07 Å². The molecule has 1 aliphatic rings. The number of anilines is 1. The molecule has 4 nitrogen and oxygen atoms in total. The van der Waals surface area contributed by atoms with Crippen LogP contribution >= 0.6 is 0 Å². The smallest absolute Gasteiger partial charge is 0.378 e. The van der Waals surface area contributed by atoms with E-state index in [0.717, 1.165) is 31.7 Å². The summed E-state index contributed by atoms with van der Waals surface area (Å²) < 4.78 is 44.2. The number of unbranched alkanes of at least 4 members (excludes halogenated alkanes) is 1. The maximum Gasteiger partial charge on any atom is 0.433 e. The van der Waals surface area contributed by atoms with Gasteiger partial charge in [-0.15, -0.1) is 0 Å². The van der Waals surface area contributed by atoms with Gasteiger partial charge in [0.25, 0.3) is 0 Å². The summed E-state index contributed by atoms with van der Waals surface area (Å²) >= 11 is 0. The summed E-state index contributed by atoms with van der Waals surface area (Å²) in [6.45, 7) is 3.89. The van der Waals surface area contributed by atoms with Crippen molar-refractivity contribution in [3.63, 3.8) is 0 Å². The lowest BCUT2D eigenvalue weighted by Crippen LogP contribution is -2.38. The van der Waals surface area contributed by atoms with E-state index in [2.05, 4.69) is 11.9 Å². The van der Waals surface area contributed by atoms with Crippen LogP contribution in [-0.4, -0.2) is 30.8 Å². The topological polar surface area (TPSA) is 49.1 Å². The van der Waals surface area contributed by atoms with Gasteiger partial charge in [0.05, 0.1) is 11.7 Å². The van der Waals surface area contributed by atoms with Crippen LogP contribution in [-0.2, 0) is 10.9 Å². The van der Waals surface area contributed by atoms with E-state index in [0.29, 0.717) is 19.7 Å². The van der Waals surface area contributed by atoms with Crippen LogP contribution in [0.15, 0.2) is 12.1 Å². The summed E-state index contributed by atoms with van der Waals surface area (Å²) in [4.78, 5) is 5.42. The molecule has 0 saturated carbocycles. The first-order chi connectivity index (χ1) is 11.0. The molecule has 1 aromatic heterocycles. The van der Waals surface area contributed by atoms with Crippen LogP contribution in [0, 0.1) is 11.3 Å². The van der Waals surface area contributed by atoms with Crippen LogP contribution in [0.25, 0.3) is 0 Å². The normalized spacial score (nSPS) is 16.4. The molecule has 1 aromatic rings. The lowest BCUT2D eigenvalue weighted by molar-refractivity contribution is -0.141. The van der Waals surface area contributed by atoms with Crippen LogP contribution in [0.2, 0.25) is 0 Å². The maximum absolute atomic E-state index is 12.8. The van der Waals surface area contributed by atoms with Gasteiger partial charge < -0.3 is 9.64 Å². The number of nitriles is 1. The zero-order chi connectivity index (χ0) is 16.9. The number of rotatable bonds is 5. The molecule has 0 radical (unpaired) electrons. The molecule has 0 amide bonds. The lowest BCUT2D eigenvalue weighted by atomic mass is 10.1. The molecule has 1 aliphatic heterocycles. The quantitative estimate of drug-likeness (QED) is 0.773. The van der Waals surface area contributed by atoms with Gasteiger partial charge in [-0.25, -0.2) is 4.98 Å². The molecule has 0 atom stereocenters. The summed E-state index contributed by atoms with van der Waals surface area (Å²) in [5.41, 5.74) is -0.795. The Balaban J connectivity index is 2.06. The average molecular weight is 327 g/mol. The number of hydrogen-bond acceptors (Lipinski definition) is 4. The van der Waals surface area contributed by atoms with Crippen LogP contribution in [0.4, 0.5) is 19.0 Å². The predicted octanol–water partition coefficient (Wildman–Crippen LogP) is 3.76. The number of piperidine rings is 1. The highest BCUT2D eigenvalue weighted by molar-refractivity contribution is 5.54. The first-order valence-corrected chi connectivity index (χ1v) is 7.80. The van der Waals surface area contributed by atoms with Crippen molar-refractivity contribution in [3.8, 4) is 6.07 Å². The van der Waals surface area contributed by atoms with Gasteiger partial charge in [-0.1, -0.05) is 13.3 Å². The maximum atomic E-state index is 12.8. The molecule has 2 heterocycles. The fraction of sp³-hybridized carbons (Fsp3) is 0.625. The third kappa shape index (κ3) is 4.58. The first kappa shape index (κ1) is 17.5. The van der Waals surface area contributed by atoms with Gasteiger partial charge in [-0.3, -0.25) is 0 Å². The fourth-order valence-corrected chi connectivity index (χ4v) is 2.56. The SMILES string of the molecule is CCCCOC1CCN(c2nc(C(F)(F)F)ccc2C#N)CC1. The van der Waals surface area contributed by atoms with Crippen LogP contribution in [0.1, 0.15) is 43.9 Å². The Morgan fingerprint density at radius 1 is 1.35 bits per heavy atom. The molecule has 126 valence electrons. The molecule has 1 saturated heterocycles. The van der Waals surface area contributed by atoms with Gasteiger partial charge in [-0.05, 0) is 31.4 Å². The Labute approximate surface area is 133 Å². The van der Waals surface area contributed by atoms with Crippen molar-refractivity contribution in [2.45, 2.75) is 44.9 Å². The third-order valence-electron chi connectivity index (χ3n) is 3.88. The van der Waals surface area contributed by atoms with Gasteiger partial charge in [0.15, 0.2) is 0 Å². The number of nitrogens with zero attached hydrogens (tertiary/aromatic N) is 3. The van der Waals surface area contributed by atoms with Crippen molar-refractivity contribution in [1.82, 2.24) is 4.98 Å². The zero-order valence-corrected chi connectivity index (χ0v) is 13.1. The van der Waals surface area contributed by atoms with E-state index >= 15 is 0 Å². The minimum atomic E-state index is -4.51. The summed E-state index contributed by atoms with van der Waals surface area (Å²) in [6.07, 6.45) is -0.843. The van der Waals surface area contributed by atoms with Gasteiger partial charge >= 0.3 is 6.18 Å². The van der Waals surface area contributed by atoms with Crippen molar-refractivity contribution in [2.75, 3.05) is 24.6 Å². The van der Waals surface area contributed by atoms with Gasteiger partial charge in [0.2, 0.25) is 0 Å². The van der Waals surface area contributed by atoms with E-state index < -0.39 is 11.9 Å². The predicted molar refractivity (Wildman–Crippen MR) is 80.0 cm³/mol. The van der Waals surface area contributed by atoms with E-state index in [1.807, 2.05) is 6.07 Å². The minimum absolute atomic E-state index is 0.120. The highest BCUT2D eigenvalue weighted by atomic mass is 19.4. The molecule has 0 bridgehead atoms. The summed E-state index contributed by atoms with van der Waals surface area (Å²) in [5, 5.41) is 9.12. The molecular formula is C16H20F3N3O. The van der Waals surface area contributed by atoms with Crippen molar-refractivity contribution < 1.29 is 17.9 Å². The molecule has 7 heteroatoms. The molecule has 2 rings (SSSR count). The van der Waals surface area contributed by atoms with Crippen molar-refractivity contribution in [2.24, 2.45) is 0 Å². The number of pyridine rings is 1. The number of hydrogen-bond donors (Lipinski definition) is 0. The molecule has 0 spiro atoms. The second-order valence-corrected chi connectivity index (χ2v) is 5.59. The highest BCUT2D eigenvalue weighted by Gasteiger charge is 2.34. The zero-order valence-electron chi connectivity index (χ0n) is 13.1. The number of aromatic nitrogens is 1. The highest BCUT2D eigenvalue weighted by Crippen LogP contribution is 2.31. The Bertz CT molecular complexity index is 561. The van der Waals surface area contributed by atoms with Crippen molar-refractivity contribution >= 4 is 5.82 Å². The summed E-state index contributed by atoms with van der Waals surface area (Å²) in [6, 6.07) is 3.96. The van der Waals surface area contributed by atoms with Crippen LogP contribution < -0.4 is 4.90 Å². The molecule has 0 aromatic carbocycles.